The van der Waals surface area contributed by atoms with Crippen LogP contribution in [0, 0.1) is 13.8 Å². The van der Waals surface area contributed by atoms with Gasteiger partial charge in [0.1, 0.15) is 18.2 Å². The van der Waals surface area contributed by atoms with Gasteiger partial charge in [0.05, 0.1) is 18.1 Å². The minimum absolute atomic E-state index is 0.436. The van der Waals surface area contributed by atoms with Crippen molar-refractivity contribution in [3.8, 4) is 5.75 Å². The van der Waals surface area contributed by atoms with Gasteiger partial charge in [0.2, 0.25) is 0 Å². The van der Waals surface area contributed by atoms with Crippen molar-refractivity contribution in [2.24, 2.45) is 0 Å². The maximum absolute atomic E-state index is 5.80. The van der Waals surface area contributed by atoms with Crippen LogP contribution in [0.25, 0.3) is 0 Å². The summed E-state index contributed by atoms with van der Waals surface area (Å²) in [6, 6.07) is 6.06. The third-order valence-electron chi connectivity index (χ3n) is 3.19. The van der Waals surface area contributed by atoms with E-state index in [-0.39, 0.29) is 0 Å². The molecule has 0 saturated heterocycles. The highest BCUT2D eigenvalue weighted by atomic mass is 16.5. The molecule has 2 rings (SSSR count). The average Bonchev–Trinajstić information content (AvgIpc) is 2.48. The van der Waals surface area contributed by atoms with E-state index in [1.165, 1.54) is 11.1 Å². The summed E-state index contributed by atoms with van der Waals surface area (Å²) in [5, 5.41) is 3.20. The fourth-order valence-corrected chi connectivity index (χ4v) is 1.81. The summed E-state index contributed by atoms with van der Waals surface area (Å²) in [7, 11) is 0. The fourth-order valence-electron chi connectivity index (χ4n) is 1.81. The van der Waals surface area contributed by atoms with Crippen molar-refractivity contribution < 1.29 is 4.74 Å². The quantitative estimate of drug-likeness (QED) is 0.873. The van der Waals surface area contributed by atoms with Gasteiger partial charge in [0.25, 0.3) is 0 Å². The molecule has 4 nitrogen and oxygen atoms in total. The van der Waals surface area contributed by atoms with Crippen LogP contribution in [-0.2, 0) is 6.61 Å². The highest BCUT2D eigenvalue weighted by Crippen LogP contribution is 2.21. The van der Waals surface area contributed by atoms with Gasteiger partial charge >= 0.3 is 0 Å². The summed E-state index contributed by atoms with van der Waals surface area (Å²) in [4.78, 5) is 8.66. The fraction of sp³-hybridized carbons (Fsp3) is 0.375. The van der Waals surface area contributed by atoms with Crippen LogP contribution in [0.3, 0.4) is 0 Å². The predicted molar refractivity (Wildman–Crippen MR) is 81.1 cm³/mol. The zero-order valence-corrected chi connectivity index (χ0v) is 12.3. The molecule has 20 heavy (non-hydrogen) atoms. The van der Waals surface area contributed by atoms with E-state index in [4.69, 9.17) is 4.74 Å². The summed E-state index contributed by atoms with van der Waals surface area (Å²) in [5.41, 5.74) is 3.22. The average molecular weight is 271 g/mol. The molecular weight excluding hydrogens is 250 g/mol. The van der Waals surface area contributed by atoms with E-state index in [1.807, 2.05) is 12.1 Å². The van der Waals surface area contributed by atoms with Crippen LogP contribution >= 0.6 is 0 Å². The first-order valence-corrected chi connectivity index (χ1v) is 6.94. The van der Waals surface area contributed by atoms with E-state index in [9.17, 15) is 0 Å². The molecule has 0 aliphatic rings. The molecule has 0 fully saturated rings. The Balaban J connectivity index is 1.95. The molecule has 0 atom stereocenters. The normalized spacial score (nSPS) is 10.3. The van der Waals surface area contributed by atoms with Crippen molar-refractivity contribution >= 4 is 5.82 Å². The molecule has 2 aromatic rings. The van der Waals surface area contributed by atoms with Crippen molar-refractivity contribution in [2.45, 2.75) is 33.8 Å². The minimum Gasteiger partial charge on any atom is -0.487 e. The van der Waals surface area contributed by atoms with Gasteiger partial charge in [0, 0.05) is 6.54 Å². The van der Waals surface area contributed by atoms with Crippen molar-refractivity contribution in [1.29, 1.82) is 0 Å². The molecule has 0 aliphatic heterocycles. The standard InChI is InChI=1S/C16H21N3O/c1-4-8-17-16-10-18-14(9-19-16)11-20-15-7-5-6-12(2)13(15)3/h5-7,9-10H,4,8,11H2,1-3H3,(H,17,19). The van der Waals surface area contributed by atoms with Crippen LogP contribution in [0.2, 0.25) is 0 Å². The van der Waals surface area contributed by atoms with Crippen LogP contribution in [0.15, 0.2) is 30.6 Å². The summed E-state index contributed by atoms with van der Waals surface area (Å²) in [5.74, 6) is 1.71. The van der Waals surface area contributed by atoms with Gasteiger partial charge in [-0.2, -0.15) is 0 Å². The lowest BCUT2D eigenvalue weighted by Gasteiger charge is -2.10. The first-order chi connectivity index (χ1) is 9.70. The Labute approximate surface area is 120 Å². The summed E-state index contributed by atoms with van der Waals surface area (Å²) >= 11 is 0. The molecule has 1 aromatic heterocycles. The number of hydrogen-bond donors (Lipinski definition) is 1. The lowest BCUT2D eigenvalue weighted by Crippen LogP contribution is -2.05. The van der Waals surface area contributed by atoms with Crippen molar-refractivity contribution in [3.63, 3.8) is 0 Å². The Kier molecular flexibility index (Phi) is 4.93. The maximum Gasteiger partial charge on any atom is 0.144 e. The summed E-state index contributed by atoms with van der Waals surface area (Å²) in [6.07, 6.45) is 4.57. The molecule has 106 valence electrons. The second kappa shape index (κ2) is 6.89. The second-order valence-electron chi connectivity index (χ2n) is 4.81. The van der Waals surface area contributed by atoms with Crippen molar-refractivity contribution in [3.05, 3.63) is 47.4 Å². The highest BCUT2D eigenvalue weighted by Gasteiger charge is 2.03. The van der Waals surface area contributed by atoms with Gasteiger partial charge in [-0.1, -0.05) is 19.1 Å². The van der Waals surface area contributed by atoms with Gasteiger partial charge in [-0.05, 0) is 37.5 Å². The maximum atomic E-state index is 5.80. The SMILES string of the molecule is CCCNc1cnc(COc2cccc(C)c2C)cn1. The molecule has 0 amide bonds. The van der Waals surface area contributed by atoms with E-state index in [0.717, 1.165) is 30.2 Å². The molecule has 1 aromatic carbocycles. The number of hydrogen-bond acceptors (Lipinski definition) is 4. The molecular formula is C16H21N3O. The first kappa shape index (κ1) is 14.3. The smallest absolute Gasteiger partial charge is 0.144 e. The molecule has 0 saturated carbocycles. The molecule has 0 radical (unpaired) electrons. The predicted octanol–water partition coefficient (Wildman–Crippen LogP) is 3.49. The molecule has 1 heterocycles. The molecule has 0 aliphatic carbocycles. The Morgan fingerprint density at radius 2 is 2.00 bits per heavy atom. The second-order valence-corrected chi connectivity index (χ2v) is 4.81. The molecule has 0 spiro atoms. The van der Waals surface area contributed by atoms with Crippen LogP contribution in [0.4, 0.5) is 5.82 Å². The molecule has 4 heteroatoms. The molecule has 1 N–H and O–H groups in total. The third-order valence-corrected chi connectivity index (χ3v) is 3.19. The Hall–Kier alpha value is -2.10. The zero-order chi connectivity index (χ0) is 14.4. The minimum atomic E-state index is 0.436. The molecule has 0 bridgehead atoms. The highest BCUT2D eigenvalue weighted by molar-refractivity contribution is 5.38. The van der Waals surface area contributed by atoms with Gasteiger partial charge < -0.3 is 10.1 Å². The lowest BCUT2D eigenvalue weighted by molar-refractivity contribution is 0.298. The van der Waals surface area contributed by atoms with Crippen LogP contribution in [0.5, 0.6) is 5.75 Å². The van der Waals surface area contributed by atoms with Crippen LogP contribution in [0.1, 0.15) is 30.2 Å². The van der Waals surface area contributed by atoms with Crippen molar-refractivity contribution in [2.75, 3.05) is 11.9 Å². The van der Waals surface area contributed by atoms with Gasteiger partial charge in [-0.25, -0.2) is 4.98 Å². The van der Waals surface area contributed by atoms with Crippen LogP contribution in [-0.4, -0.2) is 16.5 Å². The third kappa shape index (κ3) is 3.70. The van der Waals surface area contributed by atoms with E-state index in [1.54, 1.807) is 12.4 Å². The number of aryl methyl sites for hydroxylation is 1. The first-order valence-electron chi connectivity index (χ1n) is 6.94. The molecule has 0 unspecified atom stereocenters. The van der Waals surface area contributed by atoms with E-state index in [0.29, 0.717) is 6.61 Å². The van der Waals surface area contributed by atoms with E-state index < -0.39 is 0 Å². The zero-order valence-electron chi connectivity index (χ0n) is 12.3. The Morgan fingerprint density at radius 1 is 1.15 bits per heavy atom. The largest absolute Gasteiger partial charge is 0.487 e. The van der Waals surface area contributed by atoms with Gasteiger partial charge in [-0.15, -0.1) is 0 Å². The number of nitrogens with zero attached hydrogens (tertiary/aromatic N) is 2. The topological polar surface area (TPSA) is 47.0 Å². The van der Waals surface area contributed by atoms with Gasteiger partial charge in [-0.3, -0.25) is 4.98 Å². The number of benzene rings is 1. The summed E-state index contributed by atoms with van der Waals surface area (Å²) < 4.78 is 5.80. The summed E-state index contributed by atoms with van der Waals surface area (Å²) in [6.45, 7) is 7.61. The number of nitrogens with one attached hydrogen (secondary N) is 1. The number of aromatic nitrogens is 2. The van der Waals surface area contributed by atoms with Gasteiger partial charge in [0.15, 0.2) is 0 Å². The Bertz CT molecular complexity index is 552. The lowest BCUT2D eigenvalue weighted by atomic mass is 10.1. The number of ether oxygens (including phenoxy) is 1. The Morgan fingerprint density at radius 3 is 2.70 bits per heavy atom. The monoisotopic (exact) mass is 271 g/mol. The number of anilines is 1. The van der Waals surface area contributed by atoms with E-state index in [2.05, 4.69) is 42.1 Å². The number of rotatable bonds is 6. The van der Waals surface area contributed by atoms with Crippen LogP contribution < -0.4 is 10.1 Å². The van der Waals surface area contributed by atoms with Crippen molar-refractivity contribution in [1.82, 2.24) is 9.97 Å². The van der Waals surface area contributed by atoms with E-state index >= 15 is 0 Å².